The lowest BCUT2D eigenvalue weighted by Gasteiger charge is -2.20. The Morgan fingerprint density at radius 2 is 2.12 bits per heavy atom. The number of nitrogens with zero attached hydrogens (tertiary/aromatic N) is 1. The van der Waals surface area contributed by atoms with Crippen molar-refractivity contribution in [3.05, 3.63) is 64.7 Å². The number of carbonyl (C=O) groups is 2. The SMILES string of the molecule is O=C(NC(Cc1c[nH]c2c1C=C(O)CC2)C(=O)NCC1CC(Br)=NO1)OCc1ccccc1. The number of allylic oxidation sites excluding steroid dienone is 1. The molecule has 0 saturated carbocycles. The first-order valence-corrected chi connectivity index (χ1v) is 11.5. The molecule has 4 N–H and O–H groups in total. The van der Waals surface area contributed by atoms with Gasteiger partial charge in [-0.15, -0.1) is 0 Å². The van der Waals surface area contributed by atoms with E-state index >= 15 is 0 Å². The molecule has 4 rings (SSSR count). The lowest BCUT2D eigenvalue weighted by atomic mass is 9.96. The normalized spacial score (nSPS) is 17.8. The number of H-pyrrole nitrogens is 1. The van der Waals surface area contributed by atoms with Gasteiger partial charge in [-0.1, -0.05) is 35.5 Å². The number of aromatic nitrogens is 1. The fourth-order valence-corrected chi connectivity index (χ4v) is 4.19. The lowest BCUT2D eigenvalue weighted by Crippen LogP contribution is -2.49. The van der Waals surface area contributed by atoms with E-state index in [4.69, 9.17) is 9.57 Å². The molecule has 174 valence electrons. The topological polar surface area (TPSA) is 125 Å². The molecule has 2 atom stereocenters. The third-order valence-corrected chi connectivity index (χ3v) is 5.95. The smallest absolute Gasteiger partial charge is 0.408 e. The lowest BCUT2D eigenvalue weighted by molar-refractivity contribution is -0.123. The number of ether oxygens (including phenoxy) is 1. The number of fused-ring (bicyclic) bond motifs is 1. The van der Waals surface area contributed by atoms with Gasteiger partial charge in [-0.3, -0.25) is 4.79 Å². The first-order chi connectivity index (χ1) is 16.0. The van der Waals surface area contributed by atoms with Gasteiger partial charge in [-0.25, -0.2) is 4.79 Å². The van der Waals surface area contributed by atoms with Gasteiger partial charge in [0.2, 0.25) is 5.91 Å². The van der Waals surface area contributed by atoms with E-state index in [1.807, 2.05) is 36.5 Å². The average molecular weight is 517 g/mol. The molecule has 2 amide bonds. The molecule has 1 aromatic carbocycles. The van der Waals surface area contributed by atoms with Crippen molar-refractivity contribution in [2.45, 2.75) is 44.4 Å². The number of rotatable bonds is 8. The Bertz CT molecular complexity index is 1070. The van der Waals surface area contributed by atoms with Crippen LogP contribution in [-0.4, -0.2) is 45.4 Å². The van der Waals surface area contributed by atoms with Crippen LogP contribution < -0.4 is 10.6 Å². The molecule has 2 heterocycles. The minimum atomic E-state index is -0.878. The number of hydrogen-bond acceptors (Lipinski definition) is 6. The molecule has 1 aliphatic carbocycles. The van der Waals surface area contributed by atoms with E-state index in [-0.39, 0.29) is 31.6 Å². The summed E-state index contributed by atoms with van der Waals surface area (Å²) in [5.41, 5.74) is 3.52. The maximum Gasteiger partial charge on any atom is 0.408 e. The first-order valence-electron chi connectivity index (χ1n) is 10.7. The summed E-state index contributed by atoms with van der Waals surface area (Å²) < 4.78 is 6.00. The Balaban J connectivity index is 1.42. The second-order valence-electron chi connectivity index (χ2n) is 7.95. The van der Waals surface area contributed by atoms with Crippen molar-refractivity contribution < 1.29 is 24.3 Å². The molecule has 1 aliphatic heterocycles. The summed E-state index contributed by atoms with van der Waals surface area (Å²) in [6.07, 6.45) is 4.60. The van der Waals surface area contributed by atoms with Crippen molar-refractivity contribution >= 4 is 38.6 Å². The van der Waals surface area contributed by atoms with E-state index < -0.39 is 12.1 Å². The van der Waals surface area contributed by atoms with Crippen molar-refractivity contribution in [3.63, 3.8) is 0 Å². The number of hydrogen-bond donors (Lipinski definition) is 4. The Labute approximate surface area is 199 Å². The Morgan fingerprint density at radius 1 is 1.30 bits per heavy atom. The molecule has 0 bridgehead atoms. The van der Waals surface area contributed by atoms with Gasteiger partial charge in [0.05, 0.1) is 12.3 Å². The van der Waals surface area contributed by atoms with Crippen molar-refractivity contribution in [1.82, 2.24) is 15.6 Å². The summed E-state index contributed by atoms with van der Waals surface area (Å²) in [7, 11) is 0. The fraction of sp³-hybridized carbons (Fsp3) is 0.348. The molecular formula is C23H25BrN4O5. The number of alkyl carbamates (subject to hydrolysis) is 1. The van der Waals surface area contributed by atoms with Crippen LogP contribution in [0.1, 0.15) is 35.2 Å². The van der Waals surface area contributed by atoms with Gasteiger partial charge < -0.3 is 30.3 Å². The molecule has 2 aliphatic rings. The summed E-state index contributed by atoms with van der Waals surface area (Å²) in [6, 6.07) is 8.42. The molecular weight excluding hydrogens is 492 g/mol. The fourth-order valence-electron chi connectivity index (χ4n) is 3.75. The van der Waals surface area contributed by atoms with Crippen molar-refractivity contribution in [1.29, 1.82) is 0 Å². The molecule has 0 saturated heterocycles. The van der Waals surface area contributed by atoms with Gasteiger partial charge in [-0.2, -0.15) is 0 Å². The number of amides is 2. The van der Waals surface area contributed by atoms with E-state index in [0.29, 0.717) is 29.6 Å². The number of carbonyl (C=O) groups excluding carboxylic acids is 2. The van der Waals surface area contributed by atoms with Gasteiger partial charge >= 0.3 is 6.09 Å². The Hall–Kier alpha value is -3.27. The highest BCUT2D eigenvalue weighted by Crippen LogP contribution is 2.26. The number of aryl methyl sites for hydroxylation is 1. The highest BCUT2D eigenvalue weighted by Gasteiger charge is 2.27. The number of oxime groups is 1. The highest BCUT2D eigenvalue weighted by atomic mass is 79.9. The van der Waals surface area contributed by atoms with Crippen LogP contribution in [0.5, 0.6) is 0 Å². The third kappa shape index (κ3) is 6.16. The number of nitrogens with one attached hydrogen (secondary N) is 3. The van der Waals surface area contributed by atoms with Crippen LogP contribution in [0.2, 0.25) is 0 Å². The molecule has 1 aromatic heterocycles. The second kappa shape index (κ2) is 10.6. The first kappa shape index (κ1) is 22.9. The predicted molar refractivity (Wildman–Crippen MR) is 126 cm³/mol. The van der Waals surface area contributed by atoms with Crippen LogP contribution in [-0.2, 0) is 33.8 Å². The minimum Gasteiger partial charge on any atom is -0.512 e. The van der Waals surface area contributed by atoms with Crippen LogP contribution in [0.4, 0.5) is 4.79 Å². The zero-order valence-corrected chi connectivity index (χ0v) is 19.4. The molecule has 10 heteroatoms. The summed E-state index contributed by atoms with van der Waals surface area (Å²) in [5, 5.41) is 19.3. The number of aromatic amines is 1. The van der Waals surface area contributed by atoms with E-state index in [0.717, 1.165) is 22.4 Å². The number of halogens is 1. The van der Waals surface area contributed by atoms with Gasteiger partial charge in [0.1, 0.15) is 17.3 Å². The van der Waals surface area contributed by atoms with Crippen LogP contribution >= 0.6 is 15.9 Å². The van der Waals surface area contributed by atoms with Crippen molar-refractivity contribution in [2.75, 3.05) is 6.54 Å². The predicted octanol–water partition coefficient (Wildman–Crippen LogP) is 3.31. The average Bonchev–Trinajstić information content (AvgIpc) is 3.42. The monoisotopic (exact) mass is 516 g/mol. The third-order valence-electron chi connectivity index (χ3n) is 5.48. The molecule has 0 fully saturated rings. The summed E-state index contributed by atoms with van der Waals surface area (Å²) >= 11 is 3.27. The molecule has 0 radical (unpaired) electrons. The Kier molecular flexibility index (Phi) is 7.33. The maximum absolute atomic E-state index is 13.0. The van der Waals surface area contributed by atoms with Crippen LogP contribution in [0.3, 0.4) is 0 Å². The van der Waals surface area contributed by atoms with E-state index in [2.05, 4.69) is 36.7 Å². The van der Waals surface area contributed by atoms with Gasteiger partial charge in [-0.05, 0) is 39.6 Å². The molecule has 2 unspecified atom stereocenters. The zero-order chi connectivity index (χ0) is 23.2. The Morgan fingerprint density at radius 3 is 2.88 bits per heavy atom. The number of benzene rings is 1. The maximum atomic E-state index is 13.0. The number of aliphatic hydroxyl groups is 1. The van der Waals surface area contributed by atoms with Gasteiger partial charge in [0.15, 0.2) is 6.10 Å². The van der Waals surface area contributed by atoms with E-state index in [1.165, 1.54) is 0 Å². The standard InChI is InChI=1S/C23H25BrN4O5/c24-21-10-17(33-28-21)12-26-22(30)20(27-23(31)32-13-14-4-2-1-3-5-14)8-15-11-25-19-7-6-16(29)9-18(15)19/h1-5,9,11,17,20,25,29H,6-8,10,12-13H2,(H,26,30)(H,27,31). The van der Waals surface area contributed by atoms with Gasteiger partial charge in [0, 0.05) is 36.7 Å². The molecule has 2 aromatic rings. The minimum absolute atomic E-state index is 0.0957. The van der Waals surface area contributed by atoms with Crippen LogP contribution in [0.25, 0.3) is 6.08 Å². The summed E-state index contributed by atoms with van der Waals surface area (Å²) in [4.78, 5) is 33.9. The second-order valence-corrected chi connectivity index (χ2v) is 8.86. The largest absolute Gasteiger partial charge is 0.512 e. The van der Waals surface area contributed by atoms with Crippen LogP contribution in [0, 0.1) is 0 Å². The number of aliphatic hydroxyl groups excluding tert-OH is 1. The van der Waals surface area contributed by atoms with Crippen molar-refractivity contribution in [3.8, 4) is 0 Å². The highest BCUT2D eigenvalue weighted by molar-refractivity contribution is 9.18. The van der Waals surface area contributed by atoms with Crippen molar-refractivity contribution in [2.24, 2.45) is 5.16 Å². The van der Waals surface area contributed by atoms with Gasteiger partial charge in [0.25, 0.3) is 0 Å². The molecule has 33 heavy (non-hydrogen) atoms. The molecule has 9 nitrogen and oxygen atoms in total. The summed E-state index contributed by atoms with van der Waals surface area (Å²) in [5.74, 6) is -0.0687. The van der Waals surface area contributed by atoms with Crippen LogP contribution in [0.15, 0.2) is 47.4 Å². The molecule has 0 spiro atoms. The zero-order valence-electron chi connectivity index (χ0n) is 17.8. The van der Waals surface area contributed by atoms with E-state index in [1.54, 1.807) is 6.08 Å². The quantitative estimate of drug-likeness (QED) is 0.428. The summed E-state index contributed by atoms with van der Waals surface area (Å²) in [6.45, 7) is 0.346. The van der Waals surface area contributed by atoms with E-state index in [9.17, 15) is 14.7 Å².